The van der Waals surface area contributed by atoms with Gasteiger partial charge in [0.25, 0.3) is 6.43 Å². The SMILES string of the molecule is CC.CCCCCOCC(F)F. The highest BCUT2D eigenvalue weighted by atomic mass is 19.3. The summed E-state index contributed by atoms with van der Waals surface area (Å²) in [5, 5.41) is 0. The summed E-state index contributed by atoms with van der Waals surface area (Å²) in [6.07, 6.45) is 0.728. The molecule has 0 aliphatic heterocycles. The minimum Gasteiger partial charge on any atom is -0.376 e. The monoisotopic (exact) mass is 182 g/mol. The number of ether oxygens (including phenoxy) is 1. The summed E-state index contributed by atoms with van der Waals surface area (Å²) in [5.74, 6) is 0. The van der Waals surface area contributed by atoms with E-state index in [9.17, 15) is 8.78 Å². The van der Waals surface area contributed by atoms with Gasteiger partial charge in [0, 0.05) is 6.61 Å². The lowest BCUT2D eigenvalue weighted by molar-refractivity contribution is 0.0163. The average molecular weight is 182 g/mol. The molecule has 0 saturated carbocycles. The molecule has 0 radical (unpaired) electrons. The minimum absolute atomic E-state index is 0.413. The van der Waals surface area contributed by atoms with Crippen LogP contribution < -0.4 is 0 Å². The van der Waals surface area contributed by atoms with Crippen molar-refractivity contribution >= 4 is 0 Å². The van der Waals surface area contributed by atoms with Crippen molar-refractivity contribution in [2.75, 3.05) is 13.2 Å². The average Bonchev–Trinajstić information content (AvgIpc) is 2.07. The summed E-state index contributed by atoms with van der Waals surface area (Å²) in [6.45, 7) is 6.12. The number of hydrogen-bond acceptors (Lipinski definition) is 1. The van der Waals surface area contributed by atoms with E-state index in [1.54, 1.807) is 0 Å². The maximum atomic E-state index is 11.4. The highest BCUT2D eigenvalue weighted by Gasteiger charge is 1.99. The van der Waals surface area contributed by atoms with Crippen molar-refractivity contribution in [2.45, 2.75) is 46.5 Å². The van der Waals surface area contributed by atoms with Crippen LogP contribution in [-0.4, -0.2) is 19.6 Å². The van der Waals surface area contributed by atoms with Gasteiger partial charge in [-0.3, -0.25) is 0 Å². The third-order valence-electron chi connectivity index (χ3n) is 1.14. The van der Waals surface area contributed by atoms with Crippen LogP contribution >= 0.6 is 0 Å². The lowest BCUT2D eigenvalue weighted by atomic mass is 10.3. The van der Waals surface area contributed by atoms with Gasteiger partial charge in [-0.25, -0.2) is 8.78 Å². The van der Waals surface area contributed by atoms with Crippen molar-refractivity contribution in [1.82, 2.24) is 0 Å². The summed E-state index contributed by atoms with van der Waals surface area (Å²) in [6, 6.07) is 0. The molecule has 0 aromatic heterocycles. The smallest absolute Gasteiger partial charge is 0.261 e. The molecule has 0 aliphatic rings. The first-order chi connectivity index (χ1) is 5.77. The lowest BCUT2D eigenvalue weighted by Crippen LogP contribution is -2.04. The van der Waals surface area contributed by atoms with Gasteiger partial charge in [0.1, 0.15) is 6.61 Å². The molecule has 0 N–H and O–H groups in total. The molecule has 1 nitrogen and oxygen atoms in total. The number of hydrogen-bond donors (Lipinski definition) is 0. The van der Waals surface area contributed by atoms with Crippen molar-refractivity contribution in [3.63, 3.8) is 0 Å². The maximum absolute atomic E-state index is 11.4. The van der Waals surface area contributed by atoms with E-state index in [2.05, 4.69) is 11.7 Å². The maximum Gasteiger partial charge on any atom is 0.261 e. The zero-order chi connectivity index (χ0) is 9.82. The molecule has 0 aromatic carbocycles. The fourth-order valence-electron chi connectivity index (χ4n) is 0.627. The van der Waals surface area contributed by atoms with E-state index in [1.165, 1.54) is 0 Å². The topological polar surface area (TPSA) is 9.23 Å². The molecule has 3 heteroatoms. The molecule has 0 unspecified atom stereocenters. The first kappa shape index (κ1) is 14.3. The second-order valence-corrected chi connectivity index (χ2v) is 2.17. The molecular formula is C9H20F2O. The largest absolute Gasteiger partial charge is 0.376 e. The van der Waals surface area contributed by atoms with Crippen molar-refractivity contribution in [3.8, 4) is 0 Å². The summed E-state index contributed by atoms with van der Waals surface area (Å²) in [4.78, 5) is 0. The third kappa shape index (κ3) is 16.4. The van der Waals surface area contributed by atoms with E-state index in [0.29, 0.717) is 6.61 Å². The molecule has 0 amide bonds. The van der Waals surface area contributed by atoms with E-state index in [1.807, 2.05) is 13.8 Å². The third-order valence-corrected chi connectivity index (χ3v) is 1.14. The van der Waals surface area contributed by atoms with Gasteiger partial charge in [-0.05, 0) is 6.42 Å². The summed E-state index contributed by atoms with van der Waals surface area (Å²) < 4.78 is 27.5. The first-order valence-corrected chi connectivity index (χ1v) is 4.63. The zero-order valence-corrected chi connectivity index (χ0v) is 8.28. The van der Waals surface area contributed by atoms with Crippen LogP contribution in [0.2, 0.25) is 0 Å². The molecule has 0 rings (SSSR count). The van der Waals surface area contributed by atoms with Gasteiger partial charge in [0.2, 0.25) is 0 Å². The van der Waals surface area contributed by atoms with Gasteiger partial charge in [0.15, 0.2) is 0 Å². The van der Waals surface area contributed by atoms with Crippen LogP contribution in [0, 0.1) is 0 Å². The van der Waals surface area contributed by atoms with Gasteiger partial charge in [0.05, 0.1) is 0 Å². The predicted octanol–water partition coefficient (Wildman–Crippen LogP) is 3.48. The Hall–Kier alpha value is -0.180. The number of unbranched alkanes of at least 4 members (excludes halogenated alkanes) is 2. The van der Waals surface area contributed by atoms with Gasteiger partial charge in [-0.15, -0.1) is 0 Å². The van der Waals surface area contributed by atoms with E-state index >= 15 is 0 Å². The molecule has 0 heterocycles. The van der Waals surface area contributed by atoms with Crippen LogP contribution in [0.25, 0.3) is 0 Å². The van der Waals surface area contributed by atoms with E-state index in [0.717, 1.165) is 19.3 Å². The van der Waals surface area contributed by atoms with E-state index in [4.69, 9.17) is 0 Å². The van der Waals surface area contributed by atoms with Crippen LogP contribution in [-0.2, 0) is 4.74 Å². The van der Waals surface area contributed by atoms with Crippen molar-refractivity contribution in [2.24, 2.45) is 0 Å². The summed E-state index contributed by atoms with van der Waals surface area (Å²) in [5.41, 5.74) is 0. The van der Waals surface area contributed by atoms with Crippen LogP contribution in [0.5, 0.6) is 0 Å². The second kappa shape index (κ2) is 13.4. The van der Waals surface area contributed by atoms with Gasteiger partial charge in [-0.2, -0.15) is 0 Å². The molecule has 76 valence electrons. The van der Waals surface area contributed by atoms with Gasteiger partial charge in [-0.1, -0.05) is 33.6 Å². The molecule has 0 aliphatic carbocycles. The van der Waals surface area contributed by atoms with Crippen LogP contribution in [0.3, 0.4) is 0 Å². The number of alkyl halides is 2. The van der Waals surface area contributed by atoms with E-state index in [-0.39, 0.29) is 0 Å². The normalized spacial score (nSPS) is 9.50. The fraction of sp³-hybridized carbons (Fsp3) is 1.00. The van der Waals surface area contributed by atoms with Crippen LogP contribution in [0.1, 0.15) is 40.0 Å². The molecule has 0 fully saturated rings. The molecule has 0 bridgehead atoms. The Morgan fingerprint density at radius 1 is 1.17 bits per heavy atom. The Kier molecular flexibility index (Phi) is 16.0. The molecule has 0 spiro atoms. The summed E-state index contributed by atoms with van der Waals surface area (Å²) in [7, 11) is 0. The Balaban J connectivity index is 0. The highest BCUT2D eigenvalue weighted by Crippen LogP contribution is 1.97. The van der Waals surface area contributed by atoms with Crippen molar-refractivity contribution in [3.05, 3.63) is 0 Å². The van der Waals surface area contributed by atoms with Gasteiger partial charge >= 0.3 is 0 Å². The minimum atomic E-state index is -2.32. The second-order valence-electron chi connectivity index (χ2n) is 2.17. The fourth-order valence-corrected chi connectivity index (χ4v) is 0.627. The van der Waals surface area contributed by atoms with Crippen LogP contribution in [0.15, 0.2) is 0 Å². The molecular weight excluding hydrogens is 162 g/mol. The Labute approximate surface area is 74.1 Å². The lowest BCUT2D eigenvalue weighted by Gasteiger charge is -2.01. The van der Waals surface area contributed by atoms with E-state index < -0.39 is 13.0 Å². The first-order valence-electron chi connectivity index (χ1n) is 4.63. The molecule has 12 heavy (non-hydrogen) atoms. The molecule has 0 saturated heterocycles. The van der Waals surface area contributed by atoms with Crippen molar-refractivity contribution < 1.29 is 13.5 Å². The predicted molar refractivity (Wildman–Crippen MR) is 47.7 cm³/mol. The van der Waals surface area contributed by atoms with Gasteiger partial charge < -0.3 is 4.74 Å². The van der Waals surface area contributed by atoms with Crippen LogP contribution in [0.4, 0.5) is 8.78 Å². The Morgan fingerprint density at radius 2 is 1.75 bits per heavy atom. The number of halogens is 2. The standard InChI is InChI=1S/C7H14F2O.C2H6/c1-2-3-4-5-10-6-7(8)9;1-2/h7H,2-6H2,1H3;1-2H3. The Morgan fingerprint density at radius 3 is 2.17 bits per heavy atom. The molecule has 0 aromatic rings. The molecule has 0 atom stereocenters. The zero-order valence-electron chi connectivity index (χ0n) is 8.28. The quantitative estimate of drug-likeness (QED) is 0.571. The van der Waals surface area contributed by atoms with Crippen molar-refractivity contribution in [1.29, 1.82) is 0 Å². The highest BCUT2D eigenvalue weighted by molar-refractivity contribution is 4.37. The Bertz CT molecular complexity index is 67.5. The number of rotatable bonds is 6. The summed E-state index contributed by atoms with van der Waals surface area (Å²) >= 11 is 0.